The molecule has 2 fully saturated rings. The van der Waals surface area contributed by atoms with Gasteiger partial charge in [-0.1, -0.05) is 32.6 Å². The van der Waals surface area contributed by atoms with E-state index < -0.39 is 11.1 Å². The molecule has 0 unspecified atom stereocenters. The first kappa shape index (κ1) is 14.4. The van der Waals surface area contributed by atoms with E-state index in [-0.39, 0.29) is 11.8 Å². The van der Waals surface area contributed by atoms with Gasteiger partial charge in [0.15, 0.2) is 0 Å². The second-order valence-electron chi connectivity index (χ2n) is 6.47. The number of carbonyl (C=O) groups excluding carboxylic acids is 2. The van der Waals surface area contributed by atoms with Crippen LogP contribution in [0.1, 0.15) is 65.7 Å². The Hall–Kier alpha value is -1.06. The lowest BCUT2D eigenvalue weighted by molar-refractivity contribution is -0.162. The van der Waals surface area contributed by atoms with E-state index in [2.05, 4.69) is 12.2 Å². The fourth-order valence-corrected chi connectivity index (χ4v) is 3.25. The smallest absolute Gasteiger partial charge is 0.249 e. The molecule has 0 aromatic rings. The highest BCUT2D eigenvalue weighted by atomic mass is 16.2. The van der Waals surface area contributed by atoms with Crippen molar-refractivity contribution < 1.29 is 9.59 Å². The van der Waals surface area contributed by atoms with Gasteiger partial charge in [-0.3, -0.25) is 9.59 Å². The van der Waals surface area contributed by atoms with E-state index >= 15 is 0 Å². The highest BCUT2D eigenvalue weighted by molar-refractivity contribution is 6.01. The number of hydrogen-bond donors (Lipinski definition) is 1. The number of piperazine rings is 1. The fraction of sp³-hybridized carbons (Fsp3) is 0.867. The molecule has 0 bridgehead atoms. The molecular formula is C15H26N2O2. The number of carbonyl (C=O) groups is 2. The van der Waals surface area contributed by atoms with Crippen LogP contribution < -0.4 is 5.32 Å². The second-order valence-corrected chi connectivity index (χ2v) is 6.47. The number of unbranched alkanes of at least 4 members (excludes halogenated alkanes) is 1. The maximum Gasteiger partial charge on any atom is 0.249 e. The van der Waals surface area contributed by atoms with Crippen LogP contribution in [-0.4, -0.2) is 34.3 Å². The zero-order chi connectivity index (χ0) is 14.1. The summed E-state index contributed by atoms with van der Waals surface area (Å²) in [5.41, 5.74) is -1.31. The molecule has 0 aromatic heterocycles. The second kappa shape index (κ2) is 5.14. The summed E-state index contributed by atoms with van der Waals surface area (Å²) in [5, 5.41) is 3.05. The van der Waals surface area contributed by atoms with E-state index in [1.807, 2.05) is 18.7 Å². The van der Waals surface area contributed by atoms with E-state index in [1.165, 1.54) is 6.42 Å². The Morgan fingerprint density at radius 1 is 1.16 bits per heavy atom. The van der Waals surface area contributed by atoms with Crippen LogP contribution in [0.2, 0.25) is 0 Å². The largest absolute Gasteiger partial charge is 0.340 e. The summed E-state index contributed by atoms with van der Waals surface area (Å²) in [6, 6.07) is 0. The molecule has 108 valence electrons. The summed E-state index contributed by atoms with van der Waals surface area (Å²) in [6.07, 6.45) is 6.84. The van der Waals surface area contributed by atoms with Gasteiger partial charge in [0.1, 0.15) is 11.1 Å². The molecule has 19 heavy (non-hydrogen) atoms. The Balaban J connectivity index is 2.26. The average Bonchev–Trinajstić information content (AvgIpc) is 2.38. The van der Waals surface area contributed by atoms with Gasteiger partial charge in [-0.05, 0) is 33.1 Å². The molecule has 0 atom stereocenters. The molecule has 1 spiro atoms. The molecule has 2 amide bonds. The van der Waals surface area contributed by atoms with Crippen molar-refractivity contribution in [3.8, 4) is 0 Å². The van der Waals surface area contributed by atoms with Crippen molar-refractivity contribution in [2.45, 2.75) is 76.8 Å². The van der Waals surface area contributed by atoms with E-state index in [9.17, 15) is 9.59 Å². The lowest BCUT2D eigenvalue weighted by atomic mass is 9.76. The van der Waals surface area contributed by atoms with Crippen LogP contribution >= 0.6 is 0 Å². The van der Waals surface area contributed by atoms with Gasteiger partial charge in [0.25, 0.3) is 0 Å². The van der Waals surface area contributed by atoms with Gasteiger partial charge >= 0.3 is 0 Å². The van der Waals surface area contributed by atoms with Crippen LogP contribution in [0.3, 0.4) is 0 Å². The summed E-state index contributed by atoms with van der Waals surface area (Å²) in [6.45, 7) is 6.51. The van der Waals surface area contributed by atoms with Gasteiger partial charge in [-0.15, -0.1) is 0 Å². The van der Waals surface area contributed by atoms with Crippen LogP contribution in [0.5, 0.6) is 0 Å². The first-order chi connectivity index (χ1) is 8.94. The molecular weight excluding hydrogens is 240 g/mol. The summed E-state index contributed by atoms with van der Waals surface area (Å²) < 4.78 is 0. The van der Waals surface area contributed by atoms with Crippen molar-refractivity contribution in [2.24, 2.45) is 0 Å². The molecule has 0 aromatic carbocycles. The van der Waals surface area contributed by atoms with E-state index in [1.54, 1.807) is 0 Å². The molecule has 1 aliphatic carbocycles. The number of nitrogens with zero attached hydrogens (tertiary/aromatic N) is 1. The molecule has 1 saturated carbocycles. The highest BCUT2D eigenvalue weighted by Crippen LogP contribution is 2.36. The Bertz CT molecular complexity index is 370. The van der Waals surface area contributed by atoms with Gasteiger partial charge in [-0.25, -0.2) is 0 Å². The molecule has 1 heterocycles. The third-order valence-electron chi connectivity index (χ3n) is 4.68. The minimum absolute atomic E-state index is 0.00473. The van der Waals surface area contributed by atoms with E-state index in [4.69, 9.17) is 0 Å². The number of amides is 2. The van der Waals surface area contributed by atoms with Crippen LogP contribution in [0.25, 0.3) is 0 Å². The van der Waals surface area contributed by atoms with Gasteiger partial charge in [0, 0.05) is 6.54 Å². The minimum Gasteiger partial charge on any atom is -0.340 e. The summed E-state index contributed by atoms with van der Waals surface area (Å²) in [7, 11) is 0. The number of nitrogens with one attached hydrogen (secondary N) is 1. The van der Waals surface area contributed by atoms with Crippen molar-refractivity contribution in [2.75, 3.05) is 6.54 Å². The van der Waals surface area contributed by atoms with Crippen molar-refractivity contribution in [3.05, 3.63) is 0 Å². The summed E-state index contributed by atoms with van der Waals surface area (Å²) in [4.78, 5) is 27.1. The molecule has 1 N–H and O–H groups in total. The standard InChI is InChI=1S/C15H26N2O2/c1-4-5-11-17-13(19)15(9-7-6-8-10-15)16-12(18)14(17,2)3/h4-11H2,1-3H3,(H,16,18). The first-order valence-corrected chi connectivity index (χ1v) is 7.59. The minimum atomic E-state index is -0.713. The Morgan fingerprint density at radius 2 is 1.79 bits per heavy atom. The predicted octanol–water partition coefficient (Wildman–Crippen LogP) is 2.23. The van der Waals surface area contributed by atoms with Crippen LogP contribution in [0, 0.1) is 0 Å². The summed E-state index contributed by atoms with van der Waals surface area (Å²) >= 11 is 0. The third kappa shape index (κ3) is 2.37. The first-order valence-electron chi connectivity index (χ1n) is 7.59. The molecule has 4 nitrogen and oxygen atoms in total. The van der Waals surface area contributed by atoms with Crippen LogP contribution in [0.4, 0.5) is 0 Å². The quantitative estimate of drug-likeness (QED) is 0.851. The molecule has 1 aliphatic heterocycles. The Morgan fingerprint density at radius 3 is 2.37 bits per heavy atom. The Kier molecular flexibility index (Phi) is 3.88. The normalized spacial score (nSPS) is 25.5. The lowest BCUT2D eigenvalue weighted by Gasteiger charge is -2.51. The van der Waals surface area contributed by atoms with Crippen molar-refractivity contribution in [1.29, 1.82) is 0 Å². The van der Waals surface area contributed by atoms with Crippen LogP contribution in [0.15, 0.2) is 0 Å². The van der Waals surface area contributed by atoms with Crippen molar-refractivity contribution >= 4 is 11.8 Å². The van der Waals surface area contributed by atoms with Gasteiger partial charge in [-0.2, -0.15) is 0 Å². The number of rotatable bonds is 3. The third-order valence-corrected chi connectivity index (χ3v) is 4.68. The molecule has 1 saturated heterocycles. The summed E-state index contributed by atoms with van der Waals surface area (Å²) in [5.74, 6) is 0.148. The molecule has 4 heteroatoms. The SMILES string of the molecule is CCCCN1C(=O)C2(CCCCC2)NC(=O)C1(C)C. The monoisotopic (exact) mass is 266 g/mol. The van der Waals surface area contributed by atoms with Crippen molar-refractivity contribution in [3.63, 3.8) is 0 Å². The highest BCUT2D eigenvalue weighted by Gasteiger charge is 2.54. The van der Waals surface area contributed by atoms with Gasteiger partial charge in [0.05, 0.1) is 0 Å². The maximum absolute atomic E-state index is 12.9. The van der Waals surface area contributed by atoms with E-state index in [0.717, 1.165) is 38.5 Å². The van der Waals surface area contributed by atoms with Gasteiger partial charge < -0.3 is 10.2 Å². The topological polar surface area (TPSA) is 49.4 Å². The van der Waals surface area contributed by atoms with Gasteiger partial charge in [0.2, 0.25) is 11.8 Å². The average molecular weight is 266 g/mol. The predicted molar refractivity (Wildman–Crippen MR) is 74.7 cm³/mol. The zero-order valence-corrected chi connectivity index (χ0v) is 12.4. The van der Waals surface area contributed by atoms with E-state index in [0.29, 0.717) is 6.54 Å². The van der Waals surface area contributed by atoms with Crippen molar-refractivity contribution in [1.82, 2.24) is 10.2 Å². The lowest BCUT2D eigenvalue weighted by Crippen LogP contribution is -2.74. The zero-order valence-electron chi connectivity index (χ0n) is 12.4. The molecule has 2 rings (SSSR count). The number of hydrogen-bond acceptors (Lipinski definition) is 2. The van der Waals surface area contributed by atoms with Crippen LogP contribution in [-0.2, 0) is 9.59 Å². The maximum atomic E-state index is 12.9. The fourth-order valence-electron chi connectivity index (χ4n) is 3.25. The molecule has 2 aliphatic rings. The Labute approximate surface area is 115 Å². The molecule has 0 radical (unpaired) electrons.